The van der Waals surface area contributed by atoms with Crippen LogP contribution >= 0.6 is 0 Å². The van der Waals surface area contributed by atoms with Crippen LogP contribution in [0.5, 0.6) is 0 Å². The van der Waals surface area contributed by atoms with Crippen LogP contribution in [0.4, 0.5) is 11.4 Å². The summed E-state index contributed by atoms with van der Waals surface area (Å²) in [4.78, 5) is 38.4. The summed E-state index contributed by atoms with van der Waals surface area (Å²) in [5.74, 6) is -0.243. The predicted octanol–water partition coefficient (Wildman–Crippen LogP) is 1.98. The zero-order chi connectivity index (χ0) is 20.3. The first kappa shape index (κ1) is 19.4. The number of rotatable bonds is 7. The van der Waals surface area contributed by atoms with Crippen LogP contribution < -0.4 is 5.32 Å². The molecule has 2 atom stereocenters. The maximum Gasteiger partial charge on any atom is 0.269 e. The Bertz CT molecular complexity index is 884. The first-order valence-electron chi connectivity index (χ1n) is 8.49. The van der Waals surface area contributed by atoms with Crippen LogP contribution in [-0.2, 0) is 22.5 Å². The minimum Gasteiger partial charge on any atom is -0.283 e. The van der Waals surface area contributed by atoms with Crippen molar-refractivity contribution >= 4 is 17.3 Å². The van der Waals surface area contributed by atoms with Crippen LogP contribution in [0.2, 0.25) is 0 Å². The van der Waals surface area contributed by atoms with Crippen molar-refractivity contribution in [1.82, 2.24) is 10.4 Å². The first-order valence-corrected chi connectivity index (χ1v) is 8.49. The van der Waals surface area contributed by atoms with Gasteiger partial charge in [0.05, 0.1) is 23.0 Å². The Balaban J connectivity index is 1.69. The summed E-state index contributed by atoms with van der Waals surface area (Å²) in [5, 5.41) is 25.9. The van der Waals surface area contributed by atoms with Gasteiger partial charge in [-0.1, -0.05) is 24.3 Å². The third-order valence-corrected chi connectivity index (χ3v) is 4.55. The lowest BCUT2D eigenvalue weighted by atomic mass is 10.1. The molecule has 1 aliphatic rings. The van der Waals surface area contributed by atoms with Gasteiger partial charge in [0.2, 0.25) is 0 Å². The SMILES string of the molecule is CON1C(=O)C(Cc2ccc([N+](=O)[O-])cc2)NC1Cc1ccc([N+](=O)[O-])cc1. The molecule has 3 rings (SSSR count). The fourth-order valence-electron chi connectivity index (χ4n) is 3.15. The molecule has 0 radical (unpaired) electrons. The third-order valence-electron chi connectivity index (χ3n) is 4.55. The van der Waals surface area contributed by atoms with E-state index in [-0.39, 0.29) is 17.3 Å². The summed E-state index contributed by atoms with van der Waals surface area (Å²) in [6.45, 7) is 0. The minimum atomic E-state index is -0.538. The monoisotopic (exact) mass is 386 g/mol. The molecular weight excluding hydrogens is 368 g/mol. The summed E-state index contributed by atoms with van der Waals surface area (Å²) >= 11 is 0. The second-order valence-corrected chi connectivity index (χ2v) is 6.34. The van der Waals surface area contributed by atoms with Gasteiger partial charge in [-0.15, -0.1) is 0 Å². The minimum absolute atomic E-state index is 0.00106. The van der Waals surface area contributed by atoms with Gasteiger partial charge in [-0.25, -0.2) is 5.06 Å². The molecule has 1 fully saturated rings. The number of nitrogens with one attached hydrogen (secondary N) is 1. The Hall–Kier alpha value is -3.37. The number of nitrogens with zero attached hydrogens (tertiary/aromatic N) is 3. The molecule has 0 saturated carbocycles. The van der Waals surface area contributed by atoms with Gasteiger partial charge in [0.1, 0.15) is 6.17 Å². The number of hydroxylamine groups is 2. The van der Waals surface area contributed by atoms with Crippen molar-refractivity contribution in [3.05, 3.63) is 79.9 Å². The van der Waals surface area contributed by atoms with Gasteiger partial charge in [0.15, 0.2) is 0 Å². The normalized spacial score (nSPS) is 19.0. The van der Waals surface area contributed by atoms with Crippen molar-refractivity contribution in [2.24, 2.45) is 0 Å². The number of hydrogen-bond acceptors (Lipinski definition) is 7. The highest BCUT2D eigenvalue weighted by Gasteiger charge is 2.39. The molecule has 146 valence electrons. The number of benzene rings is 2. The van der Waals surface area contributed by atoms with E-state index in [1.54, 1.807) is 24.3 Å². The standard InChI is InChI=1S/C18H18N4O6/c1-28-20-17(11-13-4-8-15(9-5-13)22(26)27)19-16(18(20)23)10-12-2-6-14(7-3-12)21(24)25/h2-9,16-17,19H,10-11H2,1H3. The molecule has 0 spiro atoms. The summed E-state index contributed by atoms with van der Waals surface area (Å²) in [6.07, 6.45) is 0.337. The lowest BCUT2D eigenvalue weighted by molar-refractivity contribution is -0.385. The quantitative estimate of drug-likeness (QED) is 0.569. The molecule has 0 bridgehead atoms. The van der Waals surface area contributed by atoms with Crippen LogP contribution in [0, 0.1) is 20.2 Å². The third kappa shape index (κ3) is 4.13. The number of amides is 1. The summed E-state index contributed by atoms with van der Waals surface area (Å²) in [5.41, 5.74) is 1.58. The molecule has 28 heavy (non-hydrogen) atoms. The zero-order valence-corrected chi connectivity index (χ0v) is 15.0. The van der Waals surface area contributed by atoms with Gasteiger partial charge in [-0.05, 0) is 17.5 Å². The zero-order valence-electron chi connectivity index (χ0n) is 15.0. The Kier molecular flexibility index (Phi) is 5.62. The van der Waals surface area contributed by atoms with Gasteiger partial charge >= 0.3 is 0 Å². The lowest BCUT2D eigenvalue weighted by Crippen LogP contribution is -2.38. The smallest absolute Gasteiger partial charge is 0.269 e. The fourth-order valence-corrected chi connectivity index (χ4v) is 3.15. The summed E-state index contributed by atoms with van der Waals surface area (Å²) < 4.78 is 0. The number of nitro benzene ring substituents is 2. The average molecular weight is 386 g/mol. The molecule has 1 N–H and O–H groups in total. The molecule has 1 aliphatic heterocycles. The molecule has 0 aromatic heterocycles. The number of non-ortho nitro benzene ring substituents is 2. The van der Waals surface area contributed by atoms with Crippen LogP contribution in [0.3, 0.4) is 0 Å². The number of nitro groups is 2. The molecule has 2 unspecified atom stereocenters. The molecule has 1 heterocycles. The highest BCUT2D eigenvalue weighted by atomic mass is 16.7. The summed E-state index contributed by atoms with van der Waals surface area (Å²) in [6, 6.07) is 11.6. The van der Waals surface area contributed by atoms with Crippen molar-refractivity contribution < 1.29 is 19.5 Å². The van der Waals surface area contributed by atoms with Crippen LogP contribution in [0.25, 0.3) is 0 Å². The Morgan fingerprint density at radius 2 is 1.39 bits per heavy atom. The number of carbonyl (C=O) groups excluding carboxylic acids is 1. The van der Waals surface area contributed by atoms with Crippen LogP contribution in [0.15, 0.2) is 48.5 Å². The van der Waals surface area contributed by atoms with E-state index in [0.717, 1.165) is 11.1 Å². The van der Waals surface area contributed by atoms with E-state index >= 15 is 0 Å². The fraction of sp³-hybridized carbons (Fsp3) is 0.278. The van der Waals surface area contributed by atoms with E-state index in [0.29, 0.717) is 12.8 Å². The van der Waals surface area contributed by atoms with Crippen LogP contribution in [0.1, 0.15) is 11.1 Å². The molecule has 10 heteroatoms. The van der Waals surface area contributed by atoms with E-state index < -0.39 is 22.1 Å². The number of hydrogen-bond donors (Lipinski definition) is 1. The Morgan fingerprint density at radius 1 is 0.929 bits per heavy atom. The molecular formula is C18H18N4O6. The number of carbonyl (C=O) groups is 1. The highest BCUT2D eigenvalue weighted by molar-refractivity contribution is 5.83. The van der Waals surface area contributed by atoms with E-state index in [9.17, 15) is 25.0 Å². The average Bonchev–Trinajstić information content (AvgIpc) is 2.96. The summed E-state index contributed by atoms with van der Waals surface area (Å²) in [7, 11) is 1.40. The highest BCUT2D eigenvalue weighted by Crippen LogP contribution is 2.21. The molecule has 2 aromatic rings. The van der Waals surface area contributed by atoms with Gasteiger partial charge in [-0.3, -0.25) is 35.2 Å². The van der Waals surface area contributed by atoms with E-state index in [4.69, 9.17) is 4.84 Å². The molecule has 0 aliphatic carbocycles. The Morgan fingerprint density at radius 3 is 1.82 bits per heavy atom. The second-order valence-electron chi connectivity index (χ2n) is 6.34. The van der Waals surface area contributed by atoms with Gasteiger partial charge in [-0.2, -0.15) is 0 Å². The largest absolute Gasteiger partial charge is 0.283 e. The van der Waals surface area contributed by atoms with E-state index in [1.165, 1.54) is 36.4 Å². The van der Waals surface area contributed by atoms with Crippen molar-refractivity contribution in [1.29, 1.82) is 0 Å². The van der Waals surface area contributed by atoms with Crippen molar-refractivity contribution in [3.8, 4) is 0 Å². The van der Waals surface area contributed by atoms with E-state index in [2.05, 4.69) is 5.32 Å². The lowest BCUT2D eigenvalue weighted by Gasteiger charge is -2.21. The van der Waals surface area contributed by atoms with Crippen molar-refractivity contribution in [3.63, 3.8) is 0 Å². The topological polar surface area (TPSA) is 128 Å². The van der Waals surface area contributed by atoms with Crippen molar-refractivity contribution in [2.45, 2.75) is 25.0 Å². The molecule has 10 nitrogen and oxygen atoms in total. The molecule has 2 aromatic carbocycles. The first-order chi connectivity index (χ1) is 13.4. The van der Waals surface area contributed by atoms with Crippen molar-refractivity contribution in [2.75, 3.05) is 7.11 Å². The van der Waals surface area contributed by atoms with Gasteiger partial charge < -0.3 is 0 Å². The maximum absolute atomic E-state index is 12.6. The molecule has 1 saturated heterocycles. The van der Waals surface area contributed by atoms with E-state index in [1.807, 2.05) is 0 Å². The van der Waals surface area contributed by atoms with Crippen LogP contribution in [-0.4, -0.2) is 40.1 Å². The second kappa shape index (κ2) is 8.11. The maximum atomic E-state index is 12.6. The predicted molar refractivity (Wildman–Crippen MR) is 98.2 cm³/mol. The Labute approximate surface area is 160 Å². The molecule has 1 amide bonds. The van der Waals surface area contributed by atoms with Gasteiger partial charge in [0.25, 0.3) is 17.3 Å². The van der Waals surface area contributed by atoms with Gasteiger partial charge in [0, 0.05) is 30.7 Å².